The fourth-order valence-electron chi connectivity index (χ4n) is 5.90. The minimum Gasteiger partial charge on any atom is -0.377 e. The molecule has 0 fully saturated rings. The SMILES string of the molecule is C.CC.CO[Si](CCCCCCCCCCCCCCCOCC(F)(F)F)(OC)OC.Cl.Cl.Cl.FC(F)(F)COCCCCCCCCCCCCCCC[Si](Cl)(Cl)Cl. The lowest BCUT2D eigenvalue weighted by Gasteiger charge is -2.24. The highest BCUT2D eigenvalue weighted by atomic mass is 35.8. The summed E-state index contributed by atoms with van der Waals surface area (Å²) in [7, 11) is 2.59. The van der Waals surface area contributed by atoms with Gasteiger partial charge in [-0.3, -0.25) is 0 Å². The minimum atomic E-state index is -4.20. The van der Waals surface area contributed by atoms with Crippen LogP contribution in [-0.2, 0) is 22.8 Å². The Morgan fingerprint density at radius 2 is 0.576 bits per heavy atom. The molecule has 0 aliphatic carbocycles. The van der Waals surface area contributed by atoms with Crippen LogP contribution in [0.5, 0.6) is 0 Å². The second-order valence-corrected chi connectivity index (χ2v) is 26.3. The second-order valence-electron chi connectivity index (χ2n) is 13.9. The maximum atomic E-state index is 11.9. The Hall–Kier alpha value is 1.55. The van der Waals surface area contributed by atoms with E-state index < -0.39 is 40.4 Å². The quantitative estimate of drug-likeness (QED) is 0.0269. The molecule has 0 saturated heterocycles. The standard InChI is InChI=1S/C20H41F3O4Si.C17H32Cl3F3OSi.C2H6.CH4.3ClH/c1-24-28(25-2,26-3)18-16-14-12-10-8-6-4-5-7-9-11-13-15-17-27-19-20(21,22)23;18-25(19,20)15-13-11-9-7-5-3-1-2-4-6-8-10-12-14-24-16-17(21,22)23;1-2;;;;/h4-19H2,1-3H3;1-16H2;1-2H3;1H4;3*1H. The van der Waals surface area contributed by atoms with Crippen LogP contribution in [0.15, 0.2) is 0 Å². The molecule has 0 rings (SSSR count). The number of unbranched alkanes of at least 4 members (excludes halogenated alkanes) is 24. The van der Waals surface area contributed by atoms with Crippen LogP contribution in [0.4, 0.5) is 26.3 Å². The zero-order valence-electron chi connectivity index (χ0n) is 36.3. The van der Waals surface area contributed by atoms with Gasteiger partial charge < -0.3 is 22.8 Å². The van der Waals surface area contributed by atoms with E-state index in [1.807, 2.05) is 13.8 Å². The van der Waals surface area contributed by atoms with Gasteiger partial charge in [-0.05, 0) is 25.3 Å². The number of halogens is 12. The van der Waals surface area contributed by atoms with E-state index in [2.05, 4.69) is 9.47 Å². The van der Waals surface area contributed by atoms with Crippen LogP contribution < -0.4 is 0 Å². The zero-order chi connectivity index (χ0) is 42.2. The smallest absolute Gasteiger partial charge is 0.377 e. The summed E-state index contributed by atoms with van der Waals surface area (Å²) < 4.78 is 96.6. The third kappa shape index (κ3) is 66.3. The summed E-state index contributed by atoms with van der Waals surface area (Å²) in [5.41, 5.74) is 0. The molecule has 0 aliphatic heterocycles. The summed E-state index contributed by atoms with van der Waals surface area (Å²) in [6.45, 7) is 2.18. The molecule has 0 aliphatic rings. The van der Waals surface area contributed by atoms with E-state index in [1.165, 1.54) is 109 Å². The maximum Gasteiger partial charge on any atom is 0.500 e. The molecule has 0 aromatic heterocycles. The number of alkyl halides is 6. The third-order valence-electron chi connectivity index (χ3n) is 8.99. The van der Waals surface area contributed by atoms with Gasteiger partial charge in [0.2, 0.25) is 0 Å². The van der Waals surface area contributed by atoms with Crippen LogP contribution >= 0.6 is 70.5 Å². The topological polar surface area (TPSA) is 46.2 Å². The second kappa shape index (κ2) is 52.2. The van der Waals surface area contributed by atoms with Crippen LogP contribution in [0.25, 0.3) is 0 Å². The van der Waals surface area contributed by atoms with Gasteiger partial charge >= 0.3 is 27.2 Å². The Balaban J connectivity index is -0.000000166. The van der Waals surface area contributed by atoms with Crippen molar-refractivity contribution in [2.75, 3.05) is 47.8 Å². The van der Waals surface area contributed by atoms with Crippen LogP contribution in [0.2, 0.25) is 12.1 Å². The molecule has 0 radical (unpaired) electrons. The van der Waals surface area contributed by atoms with Gasteiger partial charge in [0, 0.05) is 40.6 Å². The Morgan fingerprint density at radius 1 is 0.373 bits per heavy atom. The molecular formula is C40H86Cl6F6O5Si2. The molecule has 0 heterocycles. The van der Waals surface area contributed by atoms with Crippen molar-refractivity contribution >= 4 is 85.3 Å². The average Bonchev–Trinajstić information content (AvgIpc) is 3.12. The molecule has 0 N–H and O–H groups in total. The maximum absolute atomic E-state index is 11.9. The predicted molar refractivity (Wildman–Crippen MR) is 253 cm³/mol. The van der Waals surface area contributed by atoms with Crippen LogP contribution in [0, 0.1) is 0 Å². The van der Waals surface area contributed by atoms with Crippen LogP contribution in [-0.4, -0.2) is 74.9 Å². The van der Waals surface area contributed by atoms with Gasteiger partial charge in [0.1, 0.15) is 13.2 Å². The van der Waals surface area contributed by atoms with Crippen LogP contribution in [0.3, 0.4) is 0 Å². The molecule has 19 heteroatoms. The van der Waals surface area contributed by atoms with E-state index in [0.29, 0.717) is 0 Å². The van der Waals surface area contributed by atoms with Crippen molar-refractivity contribution in [2.45, 2.75) is 213 Å². The molecule has 0 aromatic rings. The van der Waals surface area contributed by atoms with Gasteiger partial charge in [-0.25, -0.2) is 0 Å². The van der Waals surface area contributed by atoms with Gasteiger partial charge in [-0.15, -0.1) is 70.5 Å². The van der Waals surface area contributed by atoms with Crippen molar-refractivity contribution < 1.29 is 49.1 Å². The zero-order valence-corrected chi connectivity index (χ0v) is 43.0. The van der Waals surface area contributed by atoms with E-state index in [9.17, 15) is 26.3 Å². The number of ether oxygens (including phenoxy) is 2. The van der Waals surface area contributed by atoms with E-state index in [-0.39, 0.29) is 57.9 Å². The van der Waals surface area contributed by atoms with Crippen molar-refractivity contribution in [3.8, 4) is 0 Å². The fourth-order valence-corrected chi connectivity index (χ4v) is 9.55. The van der Waals surface area contributed by atoms with Gasteiger partial charge in [0.15, 0.2) is 0 Å². The molecule has 0 atom stereocenters. The molecule has 0 unspecified atom stereocenters. The largest absolute Gasteiger partial charge is 0.500 e. The lowest BCUT2D eigenvalue weighted by molar-refractivity contribution is -0.174. The number of rotatable bonds is 37. The Bertz CT molecular complexity index is 742. The molecule has 368 valence electrons. The first-order valence-corrected chi connectivity index (χ1v) is 28.3. The Kier molecular flexibility index (Phi) is 66.2. The first kappa shape index (κ1) is 74.9. The third-order valence-corrected chi connectivity index (χ3v) is 14.4. The van der Waals surface area contributed by atoms with Gasteiger partial charge in [0.05, 0.1) is 0 Å². The molecular weight excluding hydrogens is 943 g/mol. The molecule has 0 aromatic carbocycles. The highest BCUT2D eigenvalue weighted by molar-refractivity contribution is 7.64. The first-order valence-electron chi connectivity index (χ1n) is 21.1. The highest BCUT2D eigenvalue weighted by Crippen LogP contribution is 2.28. The number of hydrogen-bond donors (Lipinski definition) is 0. The molecule has 5 nitrogen and oxygen atoms in total. The summed E-state index contributed by atoms with van der Waals surface area (Å²) in [5.74, 6) is 0. The molecule has 0 spiro atoms. The lowest BCUT2D eigenvalue weighted by Crippen LogP contribution is -2.42. The average molecular weight is 1030 g/mol. The van der Waals surface area contributed by atoms with E-state index in [1.54, 1.807) is 21.3 Å². The van der Waals surface area contributed by atoms with E-state index in [4.69, 9.17) is 46.5 Å². The van der Waals surface area contributed by atoms with Crippen molar-refractivity contribution in [1.82, 2.24) is 0 Å². The fraction of sp³-hybridized carbons (Fsp3) is 1.00. The van der Waals surface area contributed by atoms with Crippen molar-refractivity contribution in [1.29, 1.82) is 0 Å². The minimum absolute atomic E-state index is 0. The summed E-state index contributed by atoms with van der Waals surface area (Å²) in [6.07, 6.45) is 21.6. The molecule has 59 heavy (non-hydrogen) atoms. The lowest BCUT2D eigenvalue weighted by atomic mass is 10.0. The predicted octanol–water partition coefficient (Wildman–Crippen LogP) is 17.7. The van der Waals surface area contributed by atoms with Gasteiger partial charge in [0.25, 0.3) is 0 Å². The van der Waals surface area contributed by atoms with Crippen molar-refractivity contribution in [3.05, 3.63) is 0 Å². The van der Waals surface area contributed by atoms with E-state index in [0.717, 1.165) is 69.9 Å². The summed E-state index contributed by atoms with van der Waals surface area (Å²) in [5, 5.41) is 0. The normalized spacial score (nSPS) is 11.5. The molecule has 0 saturated carbocycles. The van der Waals surface area contributed by atoms with Gasteiger partial charge in [-0.1, -0.05) is 169 Å². The summed E-state index contributed by atoms with van der Waals surface area (Å²) in [4.78, 5) is 0. The van der Waals surface area contributed by atoms with Crippen molar-refractivity contribution in [2.24, 2.45) is 0 Å². The van der Waals surface area contributed by atoms with Crippen molar-refractivity contribution in [3.63, 3.8) is 0 Å². The van der Waals surface area contributed by atoms with E-state index >= 15 is 0 Å². The van der Waals surface area contributed by atoms with Crippen LogP contribution in [0.1, 0.15) is 188 Å². The first-order chi connectivity index (χ1) is 26.1. The highest BCUT2D eigenvalue weighted by Gasteiger charge is 2.36. The van der Waals surface area contributed by atoms with Gasteiger partial charge in [-0.2, -0.15) is 26.3 Å². The molecule has 0 bridgehead atoms. The number of hydrogen-bond acceptors (Lipinski definition) is 5. The Morgan fingerprint density at radius 3 is 0.780 bits per heavy atom. The Labute approximate surface area is 392 Å². The monoisotopic (exact) mass is 1030 g/mol. The summed E-state index contributed by atoms with van der Waals surface area (Å²) >= 11 is 17.5. The summed E-state index contributed by atoms with van der Waals surface area (Å²) in [6, 6.07) is -0.757. The molecule has 0 amide bonds.